The SMILES string of the molecule is O=C(/C=C/c1ccccc1N1CCC(NCc2cccnc2)CC1)NO. The topological polar surface area (TPSA) is 77.5 Å². The van der Waals surface area contributed by atoms with Crippen molar-refractivity contribution in [1.29, 1.82) is 0 Å². The van der Waals surface area contributed by atoms with Crippen molar-refractivity contribution < 1.29 is 10.0 Å². The van der Waals surface area contributed by atoms with E-state index in [4.69, 9.17) is 5.21 Å². The van der Waals surface area contributed by atoms with Crippen LogP contribution in [-0.4, -0.2) is 35.2 Å². The normalized spacial score (nSPS) is 15.3. The maximum absolute atomic E-state index is 11.2. The summed E-state index contributed by atoms with van der Waals surface area (Å²) in [5, 5.41) is 12.2. The molecule has 26 heavy (non-hydrogen) atoms. The molecule has 0 unspecified atom stereocenters. The molecular weight excluding hydrogens is 328 g/mol. The summed E-state index contributed by atoms with van der Waals surface area (Å²) in [6.07, 6.45) is 8.88. The molecule has 1 aliphatic rings. The van der Waals surface area contributed by atoms with Gasteiger partial charge in [0, 0.05) is 49.8 Å². The number of anilines is 1. The number of pyridine rings is 1. The third kappa shape index (κ3) is 4.91. The number of nitrogens with zero attached hydrogens (tertiary/aromatic N) is 2. The van der Waals surface area contributed by atoms with Crippen LogP contribution in [0.25, 0.3) is 6.08 Å². The van der Waals surface area contributed by atoms with Crippen molar-refractivity contribution in [2.24, 2.45) is 0 Å². The second-order valence-electron chi connectivity index (χ2n) is 6.37. The summed E-state index contributed by atoms with van der Waals surface area (Å²) >= 11 is 0. The quantitative estimate of drug-likeness (QED) is 0.423. The highest BCUT2D eigenvalue weighted by Gasteiger charge is 2.20. The first-order valence-corrected chi connectivity index (χ1v) is 8.84. The number of carbonyl (C=O) groups excluding carboxylic acids is 1. The number of hydroxylamine groups is 1. The van der Waals surface area contributed by atoms with Gasteiger partial charge in [0.2, 0.25) is 0 Å². The minimum atomic E-state index is -0.530. The van der Waals surface area contributed by atoms with E-state index < -0.39 is 5.91 Å². The average molecular weight is 352 g/mol. The predicted molar refractivity (Wildman–Crippen MR) is 102 cm³/mol. The molecule has 136 valence electrons. The number of rotatable bonds is 6. The van der Waals surface area contributed by atoms with Crippen LogP contribution in [0.5, 0.6) is 0 Å². The van der Waals surface area contributed by atoms with Crippen molar-refractivity contribution in [3.05, 3.63) is 66.0 Å². The molecule has 1 saturated heterocycles. The molecule has 0 aliphatic carbocycles. The summed E-state index contributed by atoms with van der Waals surface area (Å²) in [7, 11) is 0. The van der Waals surface area contributed by atoms with E-state index in [9.17, 15) is 4.79 Å². The van der Waals surface area contributed by atoms with Crippen LogP contribution in [0.15, 0.2) is 54.9 Å². The van der Waals surface area contributed by atoms with Crippen LogP contribution in [0, 0.1) is 0 Å². The fraction of sp³-hybridized carbons (Fsp3) is 0.300. The van der Waals surface area contributed by atoms with E-state index >= 15 is 0 Å². The zero-order valence-corrected chi connectivity index (χ0v) is 14.6. The summed E-state index contributed by atoms with van der Waals surface area (Å²) in [6, 6.07) is 12.5. The molecule has 0 bridgehead atoms. The monoisotopic (exact) mass is 352 g/mol. The number of hydrogen-bond donors (Lipinski definition) is 3. The Labute approximate surface area is 153 Å². The highest BCUT2D eigenvalue weighted by atomic mass is 16.5. The Morgan fingerprint density at radius 1 is 1.23 bits per heavy atom. The average Bonchev–Trinajstić information content (AvgIpc) is 2.72. The Kier molecular flexibility index (Phi) is 6.35. The van der Waals surface area contributed by atoms with E-state index in [1.807, 2.05) is 30.5 Å². The first-order chi connectivity index (χ1) is 12.8. The maximum atomic E-state index is 11.2. The predicted octanol–water partition coefficient (Wildman–Crippen LogP) is 2.36. The van der Waals surface area contributed by atoms with Gasteiger partial charge in [0.1, 0.15) is 0 Å². The number of piperidine rings is 1. The molecule has 2 aromatic rings. The van der Waals surface area contributed by atoms with Crippen molar-refractivity contribution in [1.82, 2.24) is 15.8 Å². The standard InChI is InChI=1S/C20H24N4O2/c25-20(23-26)8-7-17-5-1-2-6-19(17)24-12-9-18(10-13-24)22-15-16-4-3-11-21-14-16/h1-8,11,14,18,22,26H,9-10,12-13,15H2,(H,23,25)/b8-7+. The Morgan fingerprint density at radius 3 is 2.77 bits per heavy atom. The summed E-state index contributed by atoms with van der Waals surface area (Å²) in [5.74, 6) is -0.530. The smallest absolute Gasteiger partial charge is 0.267 e. The minimum absolute atomic E-state index is 0.495. The molecule has 6 heteroatoms. The first kappa shape index (κ1) is 18.1. The van der Waals surface area contributed by atoms with Crippen LogP contribution in [0.4, 0.5) is 5.69 Å². The van der Waals surface area contributed by atoms with Gasteiger partial charge in [-0.3, -0.25) is 15.0 Å². The number of carbonyl (C=O) groups is 1. The number of amides is 1. The fourth-order valence-corrected chi connectivity index (χ4v) is 3.21. The fourth-order valence-electron chi connectivity index (χ4n) is 3.21. The van der Waals surface area contributed by atoms with Crippen LogP contribution in [0.1, 0.15) is 24.0 Å². The van der Waals surface area contributed by atoms with E-state index in [0.29, 0.717) is 6.04 Å². The van der Waals surface area contributed by atoms with Gasteiger partial charge < -0.3 is 10.2 Å². The molecule has 0 saturated carbocycles. The van der Waals surface area contributed by atoms with Gasteiger partial charge >= 0.3 is 0 Å². The van der Waals surface area contributed by atoms with Gasteiger partial charge in [-0.2, -0.15) is 0 Å². The molecule has 1 aliphatic heterocycles. The van der Waals surface area contributed by atoms with Crippen LogP contribution in [-0.2, 0) is 11.3 Å². The molecular formula is C20H24N4O2. The lowest BCUT2D eigenvalue weighted by Crippen LogP contribution is -2.42. The zero-order chi connectivity index (χ0) is 18.2. The number of para-hydroxylation sites is 1. The van der Waals surface area contributed by atoms with E-state index in [1.165, 1.54) is 11.6 Å². The van der Waals surface area contributed by atoms with E-state index in [-0.39, 0.29) is 0 Å². The summed E-state index contributed by atoms with van der Waals surface area (Å²) in [4.78, 5) is 17.7. The summed E-state index contributed by atoms with van der Waals surface area (Å²) in [5.41, 5.74) is 4.90. The van der Waals surface area contributed by atoms with Gasteiger partial charge in [-0.25, -0.2) is 5.48 Å². The lowest BCUT2D eigenvalue weighted by atomic mass is 10.0. The van der Waals surface area contributed by atoms with Gasteiger partial charge in [-0.1, -0.05) is 24.3 Å². The van der Waals surface area contributed by atoms with Crippen molar-refractivity contribution in [3.8, 4) is 0 Å². The molecule has 2 heterocycles. The Bertz CT molecular complexity index is 740. The van der Waals surface area contributed by atoms with Crippen LogP contribution in [0.3, 0.4) is 0 Å². The number of benzene rings is 1. The maximum Gasteiger partial charge on any atom is 0.267 e. The van der Waals surface area contributed by atoms with Gasteiger partial charge in [-0.15, -0.1) is 0 Å². The minimum Gasteiger partial charge on any atom is -0.371 e. The summed E-state index contributed by atoms with van der Waals surface area (Å²) in [6.45, 7) is 2.76. The third-order valence-corrected chi connectivity index (χ3v) is 4.61. The van der Waals surface area contributed by atoms with Gasteiger partial charge in [-0.05, 0) is 42.2 Å². The Balaban J connectivity index is 1.56. The Morgan fingerprint density at radius 2 is 2.04 bits per heavy atom. The van der Waals surface area contributed by atoms with Gasteiger partial charge in [0.05, 0.1) is 0 Å². The molecule has 1 aromatic carbocycles. The molecule has 1 aromatic heterocycles. The highest BCUT2D eigenvalue weighted by molar-refractivity contribution is 5.91. The second kappa shape index (κ2) is 9.12. The van der Waals surface area contributed by atoms with Crippen molar-refractivity contribution in [2.75, 3.05) is 18.0 Å². The molecule has 3 rings (SSSR count). The largest absolute Gasteiger partial charge is 0.371 e. The van der Waals surface area contributed by atoms with E-state index in [2.05, 4.69) is 27.3 Å². The van der Waals surface area contributed by atoms with E-state index in [1.54, 1.807) is 17.8 Å². The molecule has 0 atom stereocenters. The summed E-state index contributed by atoms with van der Waals surface area (Å²) < 4.78 is 0. The van der Waals surface area contributed by atoms with Gasteiger partial charge in [0.25, 0.3) is 5.91 Å². The molecule has 6 nitrogen and oxygen atoms in total. The number of hydrogen-bond acceptors (Lipinski definition) is 5. The lowest BCUT2D eigenvalue weighted by molar-refractivity contribution is -0.124. The lowest BCUT2D eigenvalue weighted by Gasteiger charge is -2.35. The van der Waals surface area contributed by atoms with E-state index in [0.717, 1.165) is 43.7 Å². The third-order valence-electron chi connectivity index (χ3n) is 4.61. The highest BCUT2D eigenvalue weighted by Crippen LogP contribution is 2.25. The second-order valence-corrected chi connectivity index (χ2v) is 6.37. The molecule has 1 fully saturated rings. The van der Waals surface area contributed by atoms with Crippen LogP contribution in [0.2, 0.25) is 0 Å². The molecule has 3 N–H and O–H groups in total. The molecule has 0 spiro atoms. The van der Waals surface area contributed by atoms with Crippen molar-refractivity contribution in [3.63, 3.8) is 0 Å². The van der Waals surface area contributed by atoms with Gasteiger partial charge in [0.15, 0.2) is 0 Å². The molecule has 1 amide bonds. The van der Waals surface area contributed by atoms with Crippen LogP contribution >= 0.6 is 0 Å². The number of nitrogens with one attached hydrogen (secondary N) is 2. The Hall–Kier alpha value is -2.70. The zero-order valence-electron chi connectivity index (χ0n) is 14.6. The van der Waals surface area contributed by atoms with Crippen molar-refractivity contribution in [2.45, 2.75) is 25.4 Å². The number of aromatic nitrogens is 1. The molecule has 0 radical (unpaired) electrons. The van der Waals surface area contributed by atoms with Crippen LogP contribution < -0.4 is 15.7 Å². The van der Waals surface area contributed by atoms with Crippen molar-refractivity contribution >= 4 is 17.7 Å². The first-order valence-electron chi connectivity index (χ1n) is 8.84.